The summed E-state index contributed by atoms with van der Waals surface area (Å²) in [5.41, 5.74) is 0. The Morgan fingerprint density at radius 3 is 1.58 bits per heavy atom. The van der Waals surface area contributed by atoms with Gasteiger partial charge in [-0.05, 0) is 105 Å². The van der Waals surface area contributed by atoms with Crippen molar-refractivity contribution in [3.8, 4) is 0 Å². The molecule has 4 nitrogen and oxygen atoms in total. The Hall–Kier alpha value is 0.0569. The summed E-state index contributed by atoms with van der Waals surface area (Å²) in [6.45, 7) is 20.6. The van der Waals surface area contributed by atoms with Crippen molar-refractivity contribution in [2.45, 2.75) is 59.2 Å². The van der Waals surface area contributed by atoms with Gasteiger partial charge in [0.15, 0.2) is 8.32 Å². The van der Waals surface area contributed by atoms with E-state index in [4.69, 9.17) is 4.43 Å². The maximum atomic E-state index is 5.97. The van der Waals surface area contributed by atoms with Crippen molar-refractivity contribution in [3.05, 3.63) is 0 Å². The molecule has 0 aliphatic heterocycles. The van der Waals surface area contributed by atoms with Crippen LogP contribution >= 0.6 is 0 Å². The fraction of sp³-hybridized carbons (Fsp3) is 1.00. The molecule has 146 valence electrons. The first kappa shape index (κ1) is 24.1. The van der Waals surface area contributed by atoms with Crippen molar-refractivity contribution in [3.63, 3.8) is 0 Å². The minimum Gasteiger partial charge on any atom is -0.418 e. The molecule has 0 saturated heterocycles. The summed E-state index contributed by atoms with van der Waals surface area (Å²) in [6.07, 6.45) is 3.84. The fourth-order valence-electron chi connectivity index (χ4n) is 2.97. The highest BCUT2D eigenvalue weighted by Crippen LogP contribution is 2.14. The Labute approximate surface area is 153 Å². The molecule has 24 heavy (non-hydrogen) atoms. The summed E-state index contributed by atoms with van der Waals surface area (Å²) in [5.74, 6) is 0. The van der Waals surface area contributed by atoms with E-state index in [0.29, 0.717) is 0 Å². The molecule has 0 radical (unpaired) electrons. The quantitative estimate of drug-likeness (QED) is 0.392. The van der Waals surface area contributed by atoms with E-state index < -0.39 is 8.32 Å². The van der Waals surface area contributed by atoms with Crippen molar-refractivity contribution in [2.24, 2.45) is 0 Å². The SMILES string of the molecule is CCO[Si](C)(C)CCCN(CCCN(C)CC)CCCN(C)CC. The summed E-state index contributed by atoms with van der Waals surface area (Å²) in [4.78, 5) is 7.51. The van der Waals surface area contributed by atoms with Crippen LogP contribution in [0, 0.1) is 0 Å². The molecule has 0 N–H and O–H groups in total. The zero-order chi connectivity index (χ0) is 18.4. The van der Waals surface area contributed by atoms with E-state index in [9.17, 15) is 0 Å². The molecule has 0 aromatic heterocycles. The minimum absolute atomic E-state index is 0.871. The zero-order valence-electron chi connectivity index (χ0n) is 17.7. The summed E-state index contributed by atoms with van der Waals surface area (Å²) >= 11 is 0. The Morgan fingerprint density at radius 1 is 0.708 bits per heavy atom. The minimum atomic E-state index is -1.42. The molecule has 0 bridgehead atoms. The van der Waals surface area contributed by atoms with Gasteiger partial charge >= 0.3 is 0 Å². The second-order valence-electron chi connectivity index (χ2n) is 7.64. The topological polar surface area (TPSA) is 19.0 Å². The Balaban J connectivity index is 4.19. The van der Waals surface area contributed by atoms with Crippen LogP contribution in [0.4, 0.5) is 0 Å². The van der Waals surface area contributed by atoms with Crippen LogP contribution in [0.5, 0.6) is 0 Å². The predicted octanol–water partition coefficient (Wildman–Crippen LogP) is 3.60. The molecule has 0 aromatic rings. The standard InChI is InChI=1S/C19H45N3OSi/c1-8-20(4)14-11-16-22(17-12-15-21(5)9-2)18-13-19-24(6,7)23-10-3/h8-19H2,1-7H3. The van der Waals surface area contributed by atoms with Crippen LogP contribution < -0.4 is 0 Å². The van der Waals surface area contributed by atoms with Crippen LogP contribution in [0.1, 0.15) is 40.0 Å². The average molecular weight is 360 g/mol. The molecular weight excluding hydrogens is 314 g/mol. The largest absolute Gasteiger partial charge is 0.418 e. The molecule has 0 fully saturated rings. The zero-order valence-corrected chi connectivity index (χ0v) is 18.7. The highest BCUT2D eigenvalue weighted by molar-refractivity contribution is 6.71. The van der Waals surface area contributed by atoms with Crippen LogP contribution in [0.3, 0.4) is 0 Å². The second-order valence-corrected chi connectivity index (χ2v) is 11.9. The van der Waals surface area contributed by atoms with Crippen LogP contribution in [0.15, 0.2) is 0 Å². The molecule has 5 heteroatoms. The Kier molecular flexibility index (Phi) is 14.3. The Morgan fingerprint density at radius 2 is 1.17 bits per heavy atom. The van der Waals surface area contributed by atoms with Crippen molar-refractivity contribution in [1.82, 2.24) is 14.7 Å². The number of nitrogens with zero attached hydrogens (tertiary/aromatic N) is 3. The molecule has 0 spiro atoms. The first-order valence-electron chi connectivity index (χ1n) is 10.1. The van der Waals surface area contributed by atoms with Crippen molar-refractivity contribution < 1.29 is 4.43 Å². The van der Waals surface area contributed by atoms with Gasteiger partial charge in [0.2, 0.25) is 0 Å². The van der Waals surface area contributed by atoms with Gasteiger partial charge in [-0.15, -0.1) is 0 Å². The van der Waals surface area contributed by atoms with Gasteiger partial charge < -0.3 is 19.1 Å². The highest BCUT2D eigenvalue weighted by Gasteiger charge is 2.21. The molecule has 0 saturated carbocycles. The molecule has 0 aliphatic carbocycles. The summed E-state index contributed by atoms with van der Waals surface area (Å²) in [7, 11) is 3.01. The van der Waals surface area contributed by atoms with E-state index in [0.717, 1.165) is 19.7 Å². The second kappa shape index (κ2) is 14.2. The van der Waals surface area contributed by atoms with Crippen LogP contribution in [-0.4, -0.2) is 89.5 Å². The third-order valence-electron chi connectivity index (χ3n) is 4.90. The maximum Gasteiger partial charge on any atom is 0.186 e. The maximum absolute atomic E-state index is 5.97. The smallest absolute Gasteiger partial charge is 0.186 e. The van der Waals surface area contributed by atoms with E-state index in [1.807, 2.05) is 0 Å². The molecule has 0 heterocycles. The third-order valence-corrected chi connectivity index (χ3v) is 7.52. The van der Waals surface area contributed by atoms with E-state index >= 15 is 0 Å². The molecule has 0 aromatic carbocycles. The first-order valence-corrected chi connectivity index (χ1v) is 13.2. The monoisotopic (exact) mass is 359 g/mol. The van der Waals surface area contributed by atoms with Crippen molar-refractivity contribution in [1.29, 1.82) is 0 Å². The Bertz CT molecular complexity index is 274. The van der Waals surface area contributed by atoms with Gasteiger partial charge in [0.1, 0.15) is 0 Å². The highest BCUT2D eigenvalue weighted by atomic mass is 28.4. The van der Waals surface area contributed by atoms with Gasteiger partial charge in [0, 0.05) is 6.61 Å². The first-order chi connectivity index (χ1) is 11.3. The lowest BCUT2D eigenvalue weighted by Gasteiger charge is -2.27. The van der Waals surface area contributed by atoms with Gasteiger partial charge in [-0.1, -0.05) is 13.8 Å². The molecule has 0 rings (SSSR count). The molecular formula is C19H45N3OSi. The van der Waals surface area contributed by atoms with Crippen LogP contribution in [0.25, 0.3) is 0 Å². The molecule has 0 unspecified atom stereocenters. The lowest BCUT2D eigenvalue weighted by atomic mass is 10.3. The summed E-state index contributed by atoms with van der Waals surface area (Å²) in [6, 6.07) is 1.28. The van der Waals surface area contributed by atoms with Crippen molar-refractivity contribution >= 4 is 8.32 Å². The van der Waals surface area contributed by atoms with E-state index in [1.165, 1.54) is 58.0 Å². The fourth-order valence-corrected chi connectivity index (χ4v) is 4.91. The van der Waals surface area contributed by atoms with Gasteiger partial charge in [-0.3, -0.25) is 0 Å². The van der Waals surface area contributed by atoms with E-state index in [1.54, 1.807) is 0 Å². The van der Waals surface area contributed by atoms with Gasteiger partial charge in [-0.25, -0.2) is 0 Å². The van der Waals surface area contributed by atoms with Gasteiger partial charge in [-0.2, -0.15) is 0 Å². The van der Waals surface area contributed by atoms with Gasteiger partial charge in [0.05, 0.1) is 0 Å². The predicted molar refractivity (Wildman–Crippen MR) is 111 cm³/mol. The van der Waals surface area contributed by atoms with Gasteiger partial charge in [0.25, 0.3) is 0 Å². The molecule has 0 amide bonds. The number of hydrogen-bond acceptors (Lipinski definition) is 4. The number of rotatable bonds is 16. The van der Waals surface area contributed by atoms with Crippen LogP contribution in [-0.2, 0) is 4.43 Å². The van der Waals surface area contributed by atoms with E-state index in [2.05, 4.69) is 62.7 Å². The molecule has 0 aliphatic rings. The summed E-state index contributed by atoms with van der Waals surface area (Å²) < 4.78 is 5.97. The molecule has 0 atom stereocenters. The van der Waals surface area contributed by atoms with Crippen LogP contribution in [0.2, 0.25) is 19.1 Å². The number of hydrogen-bond donors (Lipinski definition) is 0. The normalized spacial score (nSPS) is 12.8. The third kappa shape index (κ3) is 13.4. The van der Waals surface area contributed by atoms with Crippen molar-refractivity contribution in [2.75, 3.05) is 66.5 Å². The average Bonchev–Trinajstić information content (AvgIpc) is 2.53. The van der Waals surface area contributed by atoms with E-state index in [-0.39, 0.29) is 0 Å². The summed E-state index contributed by atoms with van der Waals surface area (Å²) in [5, 5.41) is 0. The lowest BCUT2D eigenvalue weighted by molar-refractivity contribution is 0.230. The lowest BCUT2D eigenvalue weighted by Crippen LogP contribution is -2.34.